The summed E-state index contributed by atoms with van der Waals surface area (Å²) in [5.74, 6) is -0.0820. The van der Waals surface area contributed by atoms with Crippen molar-refractivity contribution < 1.29 is 14.5 Å². The molecule has 6 nitrogen and oxygen atoms in total. The van der Waals surface area contributed by atoms with Gasteiger partial charge in [0.2, 0.25) is 0 Å². The van der Waals surface area contributed by atoms with Gasteiger partial charge in [0, 0.05) is 12.1 Å². The third-order valence-electron chi connectivity index (χ3n) is 3.89. The molecule has 0 unspecified atom stereocenters. The number of amides is 1. The molecule has 0 aromatic heterocycles. The molecule has 132 valence electrons. The number of benzene rings is 2. The predicted molar refractivity (Wildman–Crippen MR) is 96.1 cm³/mol. The normalized spacial score (nSPS) is 11.7. The van der Waals surface area contributed by atoms with Crippen LogP contribution >= 0.6 is 11.6 Å². The highest BCUT2D eigenvalue weighted by Gasteiger charge is 2.14. The number of nitrogens with zero attached hydrogens (tertiary/aromatic N) is 1. The van der Waals surface area contributed by atoms with E-state index in [1.807, 2.05) is 39.0 Å². The van der Waals surface area contributed by atoms with Gasteiger partial charge in [-0.1, -0.05) is 29.8 Å². The summed E-state index contributed by atoms with van der Waals surface area (Å²) in [6.07, 6.45) is 0. The number of carbonyl (C=O) groups excluding carboxylic acids is 1. The SMILES string of the molecule is Cc1ccc([C@H](C)NC(=O)COc2ccc([N+](=O)[O-])cc2Cl)cc1C. The quantitative estimate of drug-likeness (QED) is 0.619. The number of carbonyl (C=O) groups is 1. The van der Waals surface area contributed by atoms with Crippen molar-refractivity contribution in [3.8, 4) is 5.75 Å². The van der Waals surface area contributed by atoms with Crippen LogP contribution in [0.1, 0.15) is 29.7 Å². The topological polar surface area (TPSA) is 81.5 Å². The molecule has 2 aromatic rings. The average Bonchev–Trinajstić information content (AvgIpc) is 2.55. The minimum Gasteiger partial charge on any atom is -0.482 e. The third-order valence-corrected chi connectivity index (χ3v) is 4.19. The van der Waals surface area contributed by atoms with E-state index in [0.29, 0.717) is 0 Å². The smallest absolute Gasteiger partial charge is 0.271 e. The molecule has 0 aliphatic heterocycles. The van der Waals surface area contributed by atoms with Crippen molar-refractivity contribution in [2.24, 2.45) is 0 Å². The lowest BCUT2D eigenvalue weighted by Gasteiger charge is -2.16. The molecule has 0 radical (unpaired) electrons. The number of aryl methyl sites for hydroxylation is 2. The maximum atomic E-state index is 12.1. The number of non-ortho nitro benzene ring substituents is 1. The number of hydrogen-bond acceptors (Lipinski definition) is 4. The molecule has 1 amide bonds. The molecule has 0 saturated heterocycles. The lowest BCUT2D eigenvalue weighted by molar-refractivity contribution is -0.384. The zero-order valence-electron chi connectivity index (χ0n) is 14.2. The molecule has 7 heteroatoms. The second-order valence-electron chi connectivity index (χ2n) is 5.79. The van der Waals surface area contributed by atoms with E-state index >= 15 is 0 Å². The summed E-state index contributed by atoms with van der Waals surface area (Å²) >= 11 is 5.93. The van der Waals surface area contributed by atoms with Crippen LogP contribution in [0.25, 0.3) is 0 Å². The Hall–Kier alpha value is -2.60. The van der Waals surface area contributed by atoms with E-state index in [4.69, 9.17) is 16.3 Å². The monoisotopic (exact) mass is 362 g/mol. The van der Waals surface area contributed by atoms with E-state index in [1.165, 1.54) is 23.8 Å². The second kappa shape index (κ2) is 7.98. The van der Waals surface area contributed by atoms with E-state index in [0.717, 1.165) is 11.1 Å². The van der Waals surface area contributed by atoms with Gasteiger partial charge in [0.1, 0.15) is 5.75 Å². The summed E-state index contributed by atoms with van der Waals surface area (Å²) in [4.78, 5) is 22.2. The fourth-order valence-electron chi connectivity index (χ4n) is 2.26. The van der Waals surface area contributed by atoms with Crippen molar-refractivity contribution in [3.05, 3.63) is 68.2 Å². The van der Waals surface area contributed by atoms with Crippen molar-refractivity contribution >= 4 is 23.2 Å². The third kappa shape index (κ3) is 4.93. The molecule has 1 N–H and O–H groups in total. The predicted octanol–water partition coefficient (Wildman–Crippen LogP) is 4.12. The van der Waals surface area contributed by atoms with E-state index in [-0.39, 0.29) is 35.0 Å². The van der Waals surface area contributed by atoms with Gasteiger partial charge in [-0.3, -0.25) is 14.9 Å². The maximum absolute atomic E-state index is 12.1. The molecule has 25 heavy (non-hydrogen) atoms. The highest BCUT2D eigenvalue weighted by molar-refractivity contribution is 6.32. The summed E-state index contributed by atoms with van der Waals surface area (Å²) in [6.45, 7) is 5.71. The lowest BCUT2D eigenvalue weighted by atomic mass is 10.0. The Morgan fingerprint density at radius 3 is 2.56 bits per heavy atom. The molecular weight excluding hydrogens is 344 g/mol. The maximum Gasteiger partial charge on any atom is 0.271 e. The summed E-state index contributed by atoms with van der Waals surface area (Å²) in [6, 6.07) is 9.70. The fourth-order valence-corrected chi connectivity index (χ4v) is 2.49. The first-order chi connectivity index (χ1) is 11.8. The Bertz CT molecular complexity index is 808. The van der Waals surface area contributed by atoms with Crippen LogP contribution < -0.4 is 10.1 Å². The molecular formula is C18H19ClN2O4. The van der Waals surface area contributed by atoms with Crippen LogP contribution in [-0.4, -0.2) is 17.4 Å². The first kappa shape index (κ1) is 18.7. The number of nitro benzene ring substituents is 1. The van der Waals surface area contributed by atoms with Crippen LogP contribution in [-0.2, 0) is 4.79 Å². The zero-order valence-corrected chi connectivity index (χ0v) is 15.0. The van der Waals surface area contributed by atoms with Gasteiger partial charge >= 0.3 is 0 Å². The van der Waals surface area contributed by atoms with Crippen LogP contribution in [0.3, 0.4) is 0 Å². The first-order valence-electron chi connectivity index (χ1n) is 7.71. The van der Waals surface area contributed by atoms with Crippen molar-refractivity contribution in [1.29, 1.82) is 0 Å². The van der Waals surface area contributed by atoms with Crippen molar-refractivity contribution in [1.82, 2.24) is 5.32 Å². The number of rotatable bonds is 6. The van der Waals surface area contributed by atoms with Gasteiger partial charge in [0.05, 0.1) is 16.0 Å². The van der Waals surface area contributed by atoms with E-state index in [2.05, 4.69) is 5.32 Å². The van der Waals surface area contributed by atoms with Gasteiger partial charge in [-0.25, -0.2) is 0 Å². The van der Waals surface area contributed by atoms with E-state index in [1.54, 1.807) is 0 Å². The molecule has 0 aliphatic rings. The summed E-state index contributed by atoms with van der Waals surface area (Å²) in [5.41, 5.74) is 3.22. The second-order valence-corrected chi connectivity index (χ2v) is 6.20. The van der Waals surface area contributed by atoms with Gasteiger partial charge < -0.3 is 10.1 Å². The van der Waals surface area contributed by atoms with Crippen molar-refractivity contribution in [2.75, 3.05) is 6.61 Å². The minimum atomic E-state index is -0.548. The van der Waals surface area contributed by atoms with Gasteiger partial charge in [-0.2, -0.15) is 0 Å². The Morgan fingerprint density at radius 1 is 1.24 bits per heavy atom. The Balaban J connectivity index is 1.94. The van der Waals surface area contributed by atoms with Crippen LogP contribution in [0.5, 0.6) is 5.75 Å². The number of halogens is 1. The Kier molecular flexibility index (Phi) is 5.98. The molecule has 1 atom stereocenters. The standard InChI is InChI=1S/C18H19ClN2O4/c1-11-4-5-14(8-12(11)2)13(3)20-18(22)10-25-17-7-6-15(21(23)24)9-16(17)19/h4-9,13H,10H2,1-3H3,(H,20,22)/t13-/m0/s1. The van der Waals surface area contributed by atoms with E-state index < -0.39 is 4.92 Å². The molecule has 0 spiro atoms. The van der Waals surface area contributed by atoms with Gasteiger partial charge in [0.15, 0.2) is 6.61 Å². The molecule has 0 fully saturated rings. The Morgan fingerprint density at radius 2 is 1.96 bits per heavy atom. The molecule has 0 saturated carbocycles. The number of hydrogen-bond donors (Lipinski definition) is 1. The average molecular weight is 363 g/mol. The number of nitrogens with one attached hydrogen (secondary N) is 1. The van der Waals surface area contributed by atoms with Gasteiger partial charge in [0.25, 0.3) is 11.6 Å². The molecule has 0 heterocycles. The highest BCUT2D eigenvalue weighted by Crippen LogP contribution is 2.28. The Labute approximate surface area is 150 Å². The van der Waals surface area contributed by atoms with Crippen LogP contribution in [0.4, 0.5) is 5.69 Å². The highest BCUT2D eigenvalue weighted by atomic mass is 35.5. The largest absolute Gasteiger partial charge is 0.482 e. The zero-order chi connectivity index (χ0) is 18.6. The fraction of sp³-hybridized carbons (Fsp3) is 0.278. The van der Waals surface area contributed by atoms with Crippen LogP contribution in [0.2, 0.25) is 5.02 Å². The van der Waals surface area contributed by atoms with Gasteiger partial charge in [-0.05, 0) is 43.5 Å². The molecule has 2 rings (SSSR count). The van der Waals surface area contributed by atoms with Crippen molar-refractivity contribution in [3.63, 3.8) is 0 Å². The summed E-state index contributed by atoms with van der Waals surface area (Å²) < 4.78 is 5.35. The number of nitro groups is 1. The number of ether oxygens (including phenoxy) is 1. The van der Waals surface area contributed by atoms with Crippen LogP contribution in [0, 0.1) is 24.0 Å². The first-order valence-corrected chi connectivity index (χ1v) is 8.09. The van der Waals surface area contributed by atoms with Crippen LogP contribution in [0.15, 0.2) is 36.4 Å². The lowest BCUT2D eigenvalue weighted by Crippen LogP contribution is -2.31. The minimum absolute atomic E-state index is 0.0872. The van der Waals surface area contributed by atoms with Crippen molar-refractivity contribution in [2.45, 2.75) is 26.8 Å². The summed E-state index contributed by atoms with van der Waals surface area (Å²) in [7, 11) is 0. The van der Waals surface area contributed by atoms with E-state index in [9.17, 15) is 14.9 Å². The molecule has 0 bridgehead atoms. The van der Waals surface area contributed by atoms with Gasteiger partial charge in [-0.15, -0.1) is 0 Å². The molecule has 2 aromatic carbocycles. The summed E-state index contributed by atoms with van der Waals surface area (Å²) in [5, 5.41) is 13.6. The molecule has 0 aliphatic carbocycles.